The second-order valence-corrected chi connectivity index (χ2v) is 5.90. The van der Waals surface area contributed by atoms with Gasteiger partial charge < -0.3 is 16.0 Å². The fourth-order valence-corrected chi connectivity index (χ4v) is 2.88. The molecule has 3 rings (SSSR count). The monoisotopic (exact) mass is 331 g/mol. The van der Waals surface area contributed by atoms with Gasteiger partial charge in [0.1, 0.15) is 11.0 Å². The van der Waals surface area contributed by atoms with Crippen LogP contribution in [-0.4, -0.2) is 35.0 Å². The molecule has 120 valence electrons. The number of nitrogens with zero attached hydrogens (tertiary/aromatic N) is 3. The topological polar surface area (TPSA) is 84.1 Å². The third kappa shape index (κ3) is 3.90. The van der Waals surface area contributed by atoms with Crippen LogP contribution in [0.15, 0.2) is 36.4 Å². The van der Waals surface area contributed by atoms with Gasteiger partial charge >= 0.3 is 0 Å². The summed E-state index contributed by atoms with van der Waals surface area (Å²) in [5.74, 6) is 0.876. The number of anilines is 2. The molecular weight excluding hydrogens is 314 g/mol. The molecule has 1 aromatic carbocycles. The van der Waals surface area contributed by atoms with E-state index in [4.69, 9.17) is 17.3 Å². The predicted octanol–water partition coefficient (Wildman–Crippen LogP) is 2.11. The third-order valence-corrected chi connectivity index (χ3v) is 4.08. The van der Waals surface area contributed by atoms with Crippen molar-refractivity contribution in [2.45, 2.75) is 18.9 Å². The van der Waals surface area contributed by atoms with Crippen LogP contribution < -0.4 is 16.0 Å². The normalized spacial score (nSPS) is 15.4. The predicted molar refractivity (Wildman–Crippen MR) is 90.6 cm³/mol. The van der Waals surface area contributed by atoms with Crippen LogP contribution in [0.1, 0.15) is 23.2 Å². The van der Waals surface area contributed by atoms with Crippen LogP contribution in [0.3, 0.4) is 0 Å². The number of hydrogen-bond donors (Lipinski definition) is 2. The molecule has 3 N–H and O–H groups in total. The molecular formula is C16H18ClN5O. The molecule has 2 aromatic rings. The minimum atomic E-state index is -0.0293. The Morgan fingerprint density at radius 1 is 1.22 bits per heavy atom. The van der Waals surface area contributed by atoms with Crippen molar-refractivity contribution in [3.63, 3.8) is 0 Å². The van der Waals surface area contributed by atoms with Crippen molar-refractivity contribution >= 4 is 29.3 Å². The van der Waals surface area contributed by atoms with Gasteiger partial charge in [-0.1, -0.05) is 29.8 Å². The number of nitrogens with one attached hydrogen (secondary N) is 1. The van der Waals surface area contributed by atoms with E-state index in [0.29, 0.717) is 10.7 Å². The van der Waals surface area contributed by atoms with Gasteiger partial charge in [-0.25, -0.2) is 4.98 Å². The highest BCUT2D eigenvalue weighted by molar-refractivity contribution is 6.29. The van der Waals surface area contributed by atoms with Gasteiger partial charge in [-0.05, 0) is 25.0 Å². The lowest BCUT2D eigenvalue weighted by molar-refractivity contribution is 0.0931. The number of hydrogen-bond acceptors (Lipinski definition) is 5. The van der Waals surface area contributed by atoms with Gasteiger partial charge in [0.25, 0.3) is 5.91 Å². The zero-order valence-electron chi connectivity index (χ0n) is 12.6. The number of benzene rings is 1. The maximum absolute atomic E-state index is 12.2. The Hall–Kier alpha value is -2.34. The summed E-state index contributed by atoms with van der Waals surface area (Å²) in [6.45, 7) is 1.57. The Bertz CT molecular complexity index is 666. The van der Waals surface area contributed by atoms with Crippen molar-refractivity contribution in [1.82, 2.24) is 15.3 Å². The largest absolute Gasteiger partial charge is 0.368 e. The molecule has 1 amide bonds. The van der Waals surface area contributed by atoms with Gasteiger partial charge in [0.05, 0.1) is 0 Å². The first-order valence-electron chi connectivity index (χ1n) is 7.53. The lowest BCUT2D eigenvalue weighted by atomic mass is 10.0. The number of carbonyl (C=O) groups excluding carboxylic acids is 1. The average Bonchev–Trinajstić information content (AvgIpc) is 2.55. The smallest absolute Gasteiger partial charge is 0.251 e. The van der Waals surface area contributed by atoms with Crippen LogP contribution in [-0.2, 0) is 0 Å². The van der Waals surface area contributed by atoms with Gasteiger partial charge in [-0.3, -0.25) is 4.79 Å². The molecule has 0 aliphatic carbocycles. The van der Waals surface area contributed by atoms with Gasteiger partial charge in [0.2, 0.25) is 5.95 Å². The zero-order valence-corrected chi connectivity index (χ0v) is 13.3. The van der Waals surface area contributed by atoms with Crippen molar-refractivity contribution in [3.8, 4) is 0 Å². The van der Waals surface area contributed by atoms with Crippen LogP contribution in [0.4, 0.5) is 11.8 Å². The summed E-state index contributed by atoms with van der Waals surface area (Å²) in [4.78, 5) is 22.4. The van der Waals surface area contributed by atoms with E-state index in [1.165, 1.54) is 0 Å². The van der Waals surface area contributed by atoms with Crippen LogP contribution in [0, 0.1) is 0 Å². The Labute approximate surface area is 139 Å². The van der Waals surface area contributed by atoms with E-state index in [0.717, 1.165) is 31.7 Å². The maximum Gasteiger partial charge on any atom is 0.251 e. The molecule has 23 heavy (non-hydrogen) atoms. The highest BCUT2D eigenvalue weighted by Crippen LogP contribution is 2.21. The van der Waals surface area contributed by atoms with Crippen LogP contribution >= 0.6 is 11.6 Å². The molecule has 1 saturated heterocycles. The number of piperidine rings is 1. The van der Waals surface area contributed by atoms with Gasteiger partial charge in [0, 0.05) is 30.8 Å². The molecule has 0 atom stereocenters. The van der Waals surface area contributed by atoms with Crippen molar-refractivity contribution in [2.75, 3.05) is 23.7 Å². The zero-order chi connectivity index (χ0) is 16.2. The molecule has 1 aromatic heterocycles. The average molecular weight is 332 g/mol. The molecule has 1 aliphatic rings. The minimum Gasteiger partial charge on any atom is -0.368 e. The Morgan fingerprint density at radius 2 is 1.91 bits per heavy atom. The van der Waals surface area contributed by atoms with E-state index in [-0.39, 0.29) is 17.9 Å². The minimum absolute atomic E-state index is 0.0293. The molecule has 0 saturated carbocycles. The summed E-state index contributed by atoms with van der Waals surface area (Å²) >= 11 is 5.92. The molecule has 1 aliphatic heterocycles. The van der Waals surface area contributed by atoms with E-state index >= 15 is 0 Å². The Kier molecular flexibility index (Phi) is 4.62. The lowest BCUT2D eigenvalue weighted by Crippen LogP contribution is -2.45. The molecule has 1 fully saturated rings. The van der Waals surface area contributed by atoms with Crippen LogP contribution in [0.5, 0.6) is 0 Å². The Morgan fingerprint density at radius 3 is 2.57 bits per heavy atom. The second kappa shape index (κ2) is 6.83. The Balaban J connectivity index is 1.57. The van der Waals surface area contributed by atoms with Gasteiger partial charge in [-0.2, -0.15) is 4.98 Å². The summed E-state index contributed by atoms with van der Waals surface area (Å²) in [6, 6.07) is 11.1. The summed E-state index contributed by atoms with van der Waals surface area (Å²) in [5.41, 5.74) is 6.32. The van der Waals surface area contributed by atoms with Gasteiger partial charge in [0.15, 0.2) is 0 Å². The lowest BCUT2D eigenvalue weighted by Gasteiger charge is -2.33. The highest BCUT2D eigenvalue weighted by atomic mass is 35.5. The number of carbonyl (C=O) groups is 1. The number of aromatic nitrogens is 2. The van der Waals surface area contributed by atoms with E-state index in [2.05, 4.69) is 20.2 Å². The quantitative estimate of drug-likeness (QED) is 0.841. The number of halogens is 1. The second-order valence-electron chi connectivity index (χ2n) is 5.51. The number of nitrogen functional groups attached to an aromatic ring is 1. The number of rotatable bonds is 3. The first-order chi connectivity index (χ1) is 11.1. The fourth-order valence-electron chi connectivity index (χ4n) is 2.70. The van der Waals surface area contributed by atoms with Crippen molar-refractivity contribution < 1.29 is 4.79 Å². The summed E-state index contributed by atoms with van der Waals surface area (Å²) in [5, 5.41) is 3.42. The van der Waals surface area contributed by atoms with E-state index < -0.39 is 0 Å². The van der Waals surface area contributed by atoms with E-state index in [9.17, 15) is 4.79 Å². The molecule has 0 bridgehead atoms. The maximum atomic E-state index is 12.2. The van der Waals surface area contributed by atoms with Crippen LogP contribution in [0.2, 0.25) is 5.15 Å². The summed E-state index contributed by atoms with van der Waals surface area (Å²) in [6.07, 6.45) is 1.69. The van der Waals surface area contributed by atoms with Crippen molar-refractivity contribution in [1.29, 1.82) is 0 Å². The molecule has 7 heteroatoms. The molecule has 0 spiro atoms. The van der Waals surface area contributed by atoms with E-state index in [1.807, 2.05) is 30.3 Å². The first kappa shape index (κ1) is 15.6. The third-order valence-electron chi connectivity index (χ3n) is 3.89. The number of nitrogens with two attached hydrogens (primary N) is 1. The highest BCUT2D eigenvalue weighted by Gasteiger charge is 2.22. The molecule has 2 heterocycles. The standard InChI is InChI=1S/C16H18ClN5O/c17-13-10-14(21-16(18)20-13)22-8-6-12(7-9-22)19-15(23)11-4-2-1-3-5-11/h1-5,10,12H,6-9H2,(H,19,23)(H2,18,20,21). The van der Waals surface area contributed by atoms with Gasteiger partial charge in [-0.15, -0.1) is 0 Å². The SMILES string of the molecule is Nc1nc(Cl)cc(N2CCC(NC(=O)c3ccccc3)CC2)n1. The fraction of sp³-hybridized carbons (Fsp3) is 0.312. The number of amides is 1. The van der Waals surface area contributed by atoms with Crippen molar-refractivity contribution in [3.05, 3.63) is 47.1 Å². The summed E-state index contributed by atoms with van der Waals surface area (Å²) in [7, 11) is 0. The molecule has 6 nitrogen and oxygen atoms in total. The molecule has 0 unspecified atom stereocenters. The first-order valence-corrected chi connectivity index (χ1v) is 7.90. The van der Waals surface area contributed by atoms with Crippen LogP contribution in [0.25, 0.3) is 0 Å². The summed E-state index contributed by atoms with van der Waals surface area (Å²) < 4.78 is 0. The molecule has 0 radical (unpaired) electrons. The van der Waals surface area contributed by atoms with Crippen molar-refractivity contribution in [2.24, 2.45) is 0 Å². The van der Waals surface area contributed by atoms with E-state index in [1.54, 1.807) is 6.07 Å².